The molecule has 0 aliphatic heterocycles. The molecule has 0 saturated heterocycles. The normalized spacial score (nSPS) is 14.2. The Morgan fingerprint density at radius 3 is 2.46 bits per heavy atom. The first-order chi connectivity index (χ1) is 5.95. The minimum atomic E-state index is -4.72. The fourth-order valence-corrected chi connectivity index (χ4v) is 0.752. The summed E-state index contributed by atoms with van der Waals surface area (Å²) >= 11 is 0. The van der Waals surface area contributed by atoms with Gasteiger partial charge in [0, 0.05) is 6.07 Å². The van der Waals surface area contributed by atoms with Crippen LogP contribution in [-0.2, 0) is 0 Å². The minimum Gasteiger partial charge on any atom is -0.468 e. The lowest BCUT2D eigenvalue weighted by molar-refractivity contribution is -0.211. The standard InChI is InChI=1S/C7H7F3O3/c1-12-5-3-2-4(13-5)6(11)7(8,9)10/h2-3,6,11H,1H3. The molecule has 3 nitrogen and oxygen atoms in total. The van der Waals surface area contributed by atoms with Gasteiger partial charge in [0.2, 0.25) is 6.10 Å². The maximum atomic E-state index is 11.9. The van der Waals surface area contributed by atoms with E-state index < -0.39 is 18.0 Å². The second-order valence-corrected chi connectivity index (χ2v) is 2.31. The van der Waals surface area contributed by atoms with E-state index in [0.717, 1.165) is 6.07 Å². The van der Waals surface area contributed by atoms with Crippen molar-refractivity contribution in [3.05, 3.63) is 17.9 Å². The highest BCUT2D eigenvalue weighted by molar-refractivity contribution is 5.14. The number of halogens is 3. The van der Waals surface area contributed by atoms with E-state index >= 15 is 0 Å². The Morgan fingerprint density at radius 2 is 2.08 bits per heavy atom. The third kappa shape index (κ3) is 2.15. The predicted molar refractivity (Wildman–Crippen MR) is 36.3 cm³/mol. The van der Waals surface area contributed by atoms with Gasteiger partial charge in [0.15, 0.2) is 0 Å². The molecule has 1 atom stereocenters. The molecule has 1 aromatic heterocycles. The van der Waals surface area contributed by atoms with Crippen LogP contribution in [0.25, 0.3) is 0 Å². The van der Waals surface area contributed by atoms with Gasteiger partial charge in [-0.25, -0.2) is 0 Å². The van der Waals surface area contributed by atoms with Gasteiger partial charge in [0.1, 0.15) is 5.76 Å². The van der Waals surface area contributed by atoms with Crippen molar-refractivity contribution in [1.29, 1.82) is 0 Å². The molecule has 0 aliphatic carbocycles. The molecule has 0 bridgehead atoms. The Morgan fingerprint density at radius 1 is 1.46 bits per heavy atom. The van der Waals surface area contributed by atoms with E-state index in [9.17, 15) is 13.2 Å². The van der Waals surface area contributed by atoms with Crippen LogP contribution in [0.3, 0.4) is 0 Å². The van der Waals surface area contributed by atoms with Crippen LogP contribution < -0.4 is 4.74 Å². The Balaban J connectivity index is 2.83. The number of methoxy groups -OCH3 is 1. The van der Waals surface area contributed by atoms with Gasteiger partial charge in [0.25, 0.3) is 5.95 Å². The Kier molecular flexibility index (Phi) is 2.51. The van der Waals surface area contributed by atoms with Crippen molar-refractivity contribution < 1.29 is 27.4 Å². The van der Waals surface area contributed by atoms with Crippen molar-refractivity contribution in [2.24, 2.45) is 0 Å². The van der Waals surface area contributed by atoms with Gasteiger partial charge in [-0.05, 0) is 6.07 Å². The highest BCUT2D eigenvalue weighted by Gasteiger charge is 2.41. The topological polar surface area (TPSA) is 42.6 Å². The van der Waals surface area contributed by atoms with Crippen LogP contribution in [0.4, 0.5) is 13.2 Å². The SMILES string of the molecule is COc1ccc(C(O)C(F)(F)F)o1. The van der Waals surface area contributed by atoms with Crippen LogP contribution in [0, 0.1) is 0 Å². The van der Waals surface area contributed by atoms with Crippen LogP contribution in [-0.4, -0.2) is 18.4 Å². The number of aliphatic hydroxyl groups is 1. The molecule has 74 valence electrons. The van der Waals surface area contributed by atoms with E-state index in [2.05, 4.69) is 9.15 Å². The molecule has 1 heterocycles. The predicted octanol–water partition coefficient (Wildman–Crippen LogP) is 1.88. The number of rotatable bonds is 2. The lowest BCUT2D eigenvalue weighted by atomic mass is 10.3. The van der Waals surface area contributed by atoms with E-state index in [4.69, 9.17) is 5.11 Å². The van der Waals surface area contributed by atoms with Crippen molar-refractivity contribution >= 4 is 0 Å². The fraction of sp³-hybridized carbons (Fsp3) is 0.429. The summed E-state index contributed by atoms with van der Waals surface area (Å²) in [5, 5.41) is 8.69. The number of ether oxygens (including phenoxy) is 1. The summed E-state index contributed by atoms with van der Waals surface area (Å²) in [5.74, 6) is -0.650. The zero-order chi connectivity index (χ0) is 10.1. The number of hydrogen-bond acceptors (Lipinski definition) is 3. The molecule has 0 aliphatic rings. The average Bonchev–Trinajstić information content (AvgIpc) is 2.48. The summed E-state index contributed by atoms with van der Waals surface area (Å²) < 4.78 is 44.7. The first-order valence-corrected chi connectivity index (χ1v) is 3.33. The molecule has 1 N–H and O–H groups in total. The Bertz CT molecular complexity index is 279. The maximum Gasteiger partial charge on any atom is 0.421 e. The van der Waals surface area contributed by atoms with E-state index in [1.165, 1.54) is 13.2 Å². The third-order valence-electron chi connectivity index (χ3n) is 1.38. The van der Waals surface area contributed by atoms with E-state index in [0.29, 0.717) is 0 Å². The Hall–Kier alpha value is -1.17. The summed E-state index contributed by atoms with van der Waals surface area (Å²) in [6.07, 6.45) is -7.32. The van der Waals surface area contributed by atoms with E-state index in [1.807, 2.05) is 0 Å². The Labute approximate surface area is 71.7 Å². The fourth-order valence-electron chi connectivity index (χ4n) is 0.752. The lowest BCUT2D eigenvalue weighted by Gasteiger charge is -2.10. The number of furan rings is 1. The quantitative estimate of drug-likeness (QED) is 0.785. The minimum absolute atomic E-state index is 0.0710. The molecule has 6 heteroatoms. The van der Waals surface area contributed by atoms with E-state index in [-0.39, 0.29) is 5.95 Å². The van der Waals surface area contributed by atoms with Crippen molar-refractivity contribution in [3.63, 3.8) is 0 Å². The van der Waals surface area contributed by atoms with Crippen molar-refractivity contribution in [3.8, 4) is 5.95 Å². The molecule has 0 radical (unpaired) electrons. The van der Waals surface area contributed by atoms with Crippen molar-refractivity contribution in [1.82, 2.24) is 0 Å². The molecular weight excluding hydrogens is 189 g/mol. The van der Waals surface area contributed by atoms with E-state index in [1.54, 1.807) is 0 Å². The molecule has 1 unspecified atom stereocenters. The zero-order valence-corrected chi connectivity index (χ0v) is 6.63. The van der Waals surface area contributed by atoms with Crippen LogP contribution in [0.5, 0.6) is 5.95 Å². The largest absolute Gasteiger partial charge is 0.468 e. The first-order valence-electron chi connectivity index (χ1n) is 3.33. The molecule has 1 aromatic rings. The highest BCUT2D eigenvalue weighted by atomic mass is 19.4. The van der Waals surface area contributed by atoms with Crippen molar-refractivity contribution in [2.75, 3.05) is 7.11 Å². The summed E-state index contributed by atoms with van der Waals surface area (Å²) in [5.41, 5.74) is 0. The molecule has 0 fully saturated rings. The molecular formula is C7H7F3O3. The van der Waals surface area contributed by atoms with Gasteiger partial charge in [-0.2, -0.15) is 13.2 Å². The second-order valence-electron chi connectivity index (χ2n) is 2.31. The number of aliphatic hydroxyl groups excluding tert-OH is 1. The van der Waals surface area contributed by atoms with Crippen LogP contribution in [0.2, 0.25) is 0 Å². The summed E-state index contributed by atoms with van der Waals surface area (Å²) in [7, 11) is 1.25. The third-order valence-corrected chi connectivity index (χ3v) is 1.38. The van der Waals surface area contributed by atoms with Gasteiger partial charge in [0.05, 0.1) is 7.11 Å². The molecule has 13 heavy (non-hydrogen) atoms. The van der Waals surface area contributed by atoms with Crippen molar-refractivity contribution in [2.45, 2.75) is 12.3 Å². The molecule has 0 saturated carbocycles. The average molecular weight is 196 g/mol. The molecule has 0 aromatic carbocycles. The smallest absolute Gasteiger partial charge is 0.421 e. The summed E-state index contributed by atoms with van der Waals surface area (Å²) in [4.78, 5) is 0. The molecule has 0 spiro atoms. The number of alkyl halides is 3. The van der Waals surface area contributed by atoms with Gasteiger partial charge in [-0.15, -0.1) is 0 Å². The van der Waals surface area contributed by atoms with Gasteiger partial charge in [-0.3, -0.25) is 0 Å². The molecule has 1 rings (SSSR count). The first kappa shape index (κ1) is 9.91. The molecule has 0 amide bonds. The van der Waals surface area contributed by atoms with Gasteiger partial charge in [-0.1, -0.05) is 0 Å². The second kappa shape index (κ2) is 3.29. The number of hydrogen-bond donors (Lipinski definition) is 1. The van der Waals surface area contributed by atoms with Gasteiger partial charge >= 0.3 is 6.18 Å². The highest BCUT2D eigenvalue weighted by Crippen LogP contribution is 2.34. The maximum absolute atomic E-state index is 11.9. The zero-order valence-electron chi connectivity index (χ0n) is 6.63. The lowest BCUT2D eigenvalue weighted by Crippen LogP contribution is -2.19. The van der Waals surface area contributed by atoms with Crippen LogP contribution in [0.15, 0.2) is 16.5 Å². The van der Waals surface area contributed by atoms with Gasteiger partial charge < -0.3 is 14.3 Å². The summed E-state index contributed by atoms with van der Waals surface area (Å²) in [6.45, 7) is 0. The van der Waals surface area contributed by atoms with Crippen LogP contribution in [0.1, 0.15) is 11.9 Å². The monoisotopic (exact) mass is 196 g/mol. The summed E-state index contributed by atoms with van der Waals surface area (Å²) in [6, 6.07) is 2.21. The van der Waals surface area contributed by atoms with Crippen LogP contribution >= 0.6 is 0 Å².